The molecule has 0 spiro atoms. The second kappa shape index (κ2) is 4.67. The summed E-state index contributed by atoms with van der Waals surface area (Å²) in [6.07, 6.45) is 1.27. The standard InChI is InChI=1S/C6H6N2O/c1-6(4-8)5-9-3-2-7/h5H,3H2,1H3/b6-5-. The minimum atomic E-state index is -0.000972. The SMILES string of the molecule is C/C(C#N)=C/OCC#N. The Morgan fingerprint density at radius 1 is 1.67 bits per heavy atom. The summed E-state index contributed by atoms with van der Waals surface area (Å²) in [5, 5.41) is 16.1. The summed E-state index contributed by atoms with van der Waals surface area (Å²) < 4.78 is 4.59. The van der Waals surface area contributed by atoms with Gasteiger partial charge in [0.05, 0.1) is 17.9 Å². The minimum Gasteiger partial charge on any atom is -0.485 e. The number of hydrogen-bond donors (Lipinski definition) is 0. The largest absolute Gasteiger partial charge is 0.485 e. The molecule has 0 fully saturated rings. The highest BCUT2D eigenvalue weighted by Crippen LogP contribution is 1.87. The lowest BCUT2D eigenvalue weighted by molar-refractivity contribution is 0.292. The van der Waals surface area contributed by atoms with Gasteiger partial charge in [-0.05, 0) is 6.92 Å². The lowest BCUT2D eigenvalue weighted by Gasteiger charge is -1.88. The van der Waals surface area contributed by atoms with Crippen LogP contribution in [0.5, 0.6) is 0 Å². The van der Waals surface area contributed by atoms with Crippen LogP contribution < -0.4 is 0 Å². The molecule has 0 aromatic heterocycles. The van der Waals surface area contributed by atoms with Gasteiger partial charge in [0.15, 0.2) is 6.61 Å². The van der Waals surface area contributed by atoms with Crippen molar-refractivity contribution in [1.82, 2.24) is 0 Å². The summed E-state index contributed by atoms with van der Waals surface area (Å²) in [5.41, 5.74) is 0.463. The summed E-state index contributed by atoms with van der Waals surface area (Å²) in [6.45, 7) is 1.61. The molecule has 0 amide bonds. The fourth-order valence-electron chi connectivity index (χ4n) is 0.230. The van der Waals surface area contributed by atoms with Gasteiger partial charge >= 0.3 is 0 Å². The van der Waals surface area contributed by atoms with Crippen LogP contribution in [0.4, 0.5) is 0 Å². The second-order valence-electron chi connectivity index (χ2n) is 1.38. The molecule has 0 aliphatic heterocycles. The van der Waals surface area contributed by atoms with Gasteiger partial charge in [0.1, 0.15) is 6.07 Å². The summed E-state index contributed by atoms with van der Waals surface area (Å²) in [6, 6.07) is 3.62. The van der Waals surface area contributed by atoms with Gasteiger partial charge in [-0.15, -0.1) is 0 Å². The monoisotopic (exact) mass is 122 g/mol. The van der Waals surface area contributed by atoms with Gasteiger partial charge in [-0.25, -0.2) is 0 Å². The fraction of sp³-hybridized carbons (Fsp3) is 0.333. The Morgan fingerprint density at radius 2 is 2.33 bits per heavy atom. The Hall–Kier alpha value is -1.48. The van der Waals surface area contributed by atoms with Gasteiger partial charge in [0.2, 0.25) is 0 Å². The summed E-state index contributed by atoms with van der Waals surface area (Å²) in [4.78, 5) is 0. The number of ether oxygens (including phenoxy) is 1. The van der Waals surface area contributed by atoms with E-state index in [0.29, 0.717) is 5.57 Å². The molecule has 0 atom stereocenters. The molecule has 9 heavy (non-hydrogen) atoms. The van der Waals surface area contributed by atoms with Crippen LogP contribution in [0.1, 0.15) is 6.92 Å². The zero-order chi connectivity index (χ0) is 7.11. The summed E-state index contributed by atoms with van der Waals surface area (Å²) in [5.74, 6) is 0. The third-order valence-corrected chi connectivity index (χ3v) is 0.584. The van der Waals surface area contributed by atoms with E-state index in [9.17, 15) is 0 Å². The van der Waals surface area contributed by atoms with Gasteiger partial charge in [0.25, 0.3) is 0 Å². The van der Waals surface area contributed by atoms with Gasteiger partial charge in [-0.2, -0.15) is 10.5 Å². The van der Waals surface area contributed by atoms with E-state index in [1.165, 1.54) is 6.26 Å². The lowest BCUT2D eigenvalue weighted by atomic mass is 10.4. The van der Waals surface area contributed by atoms with Crippen molar-refractivity contribution >= 4 is 0 Å². The topological polar surface area (TPSA) is 56.8 Å². The normalized spacial score (nSPS) is 9.44. The average molecular weight is 122 g/mol. The predicted octanol–water partition coefficient (Wildman–Crippen LogP) is 0.954. The van der Waals surface area contributed by atoms with Crippen LogP contribution in [0.3, 0.4) is 0 Å². The molecule has 0 radical (unpaired) electrons. The van der Waals surface area contributed by atoms with Crippen LogP contribution in [0.25, 0.3) is 0 Å². The summed E-state index contributed by atoms with van der Waals surface area (Å²) >= 11 is 0. The number of rotatable bonds is 2. The number of allylic oxidation sites excluding steroid dienone is 1. The quantitative estimate of drug-likeness (QED) is 0.311. The first-order chi connectivity index (χ1) is 4.31. The van der Waals surface area contributed by atoms with Crippen molar-refractivity contribution in [2.75, 3.05) is 6.61 Å². The van der Waals surface area contributed by atoms with Crippen LogP contribution >= 0.6 is 0 Å². The van der Waals surface area contributed by atoms with Gasteiger partial charge in [-0.1, -0.05) is 0 Å². The molecule has 0 saturated heterocycles. The van der Waals surface area contributed by atoms with Crippen molar-refractivity contribution in [3.63, 3.8) is 0 Å². The van der Waals surface area contributed by atoms with Crippen LogP contribution in [0, 0.1) is 22.7 Å². The molecule has 0 aliphatic carbocycles. The Balaban J connectivity index is 3.50. The molecule has 0 aromatic carbocycles. The van der Waals surface area contributed by atoms with Crippen molar-refractivity contribution in [2.24, 2.45) is 0 Å². The zero-order valence-electron chi connectivity index (χ0n) is 5.09. The van der Waals surface area contributed by atoms with E-state index < -0.39 is 0 Å². The van der Waals surface area contributed by atoms with Crippen molar-refractivity contribution in [2.45, 2.75) is 6.92 Å². The first-order valence-corrected chi connectivity index (χ1v) is 2.36. The molecule has 46 valence electrons. The predicted molar refractivity (Wildman–Crippen MR) is 30.9 cm³/mol. The molecule has 0 aliphatic rings. The zero-order valence-corrected chi connectivity index (χ0v) is 5.09. The molecule has 3 nitrogen and oxygen atoms in total. The van der Waals surface area contributed by atoms with E-state index >= 15 is 0 Å². The molecular weight excluding hydrogens is 116 g/mol. The van der Waals surface area contributed by atoms with Crippen LogP contribution in [-0.2, 0) is 4.74 Å². The molecule has 0 saturated carbocycles. The van der Waals surface area contributed by atoms with E-state index in [2.05, 4.69) is 4.74 Å². The number of hydrogen-bond acceptors (Lipinski definition) is 3. The Morgan fingerprint density at radius 3 is 2.78 bits per heavy atom. The highest BCUT2D eigenvalue weighted by atomic mass is 16.5. The molecule has 3 heteroatoms. The third-order valence-electron chi connectivity index (χ3n) is 0.584. The van der Waals surface area contributed by atoms with Crippen molar-refractivity contribution in [3.8, 4) is 12.1 Å². The van der Waals surface area contributed by atoms with Gasteiger partial charge < -0.3 is 4.74 Å². The number of nitrogens with zero attached hydrogens (tertiary/aromatic N) is 2. The van der Waals surface area contributed by atoms with Crippen LogP contribution in [0.15, 0.2) is 11.8 Å². The first kappa shape index (κ1) is 7.52. The Bertz CT molecular complexity index is 182. The highest BCUT2D eigenvalue weighted by Gasteiger charge is 1.81. The van der Waals surface area contributed by atoms with Crippen molar-refractivity contribution in [1.29, 1.82) is 10.5 Å². The van der Waals surface area contributed by atoms with Crippen molar-refractivity contribution < 1.29 is 4.74 Å². The lowest BCUT2D eigenvalue weighted by Crippen LogP contribution is -1.81. The van der Waals surface area contributed by atoms with E-state index in [-0.39, 0.29) is 6.61 Å². The molecule has 0 aromatic rings. The van der Waals surface area contributed by atoms with Gasteiger partial charge in [0, 0.05) is 0 Å². The fourth-order valence-corrected chi connectivity index (χ4v) is 0.230. The van der Waals surface area contributed by atoms with E-state index in [0.717, 1.165) is 0 Å². The Labute approximate surface area is 53.8 Å². The maximum Gasteiger partial charge on any atom is 0.173 e. The highest BCUT2D eigenvalue weighted by molar-refractivity contribution is 5.14. The molecule has 0 unspecified atom stereocenters. The van der Waals surface area contributed by atoms with E-state index in [4.69, 9.17) is 10.5 Å². The minimum absolute atomic E-state index is 0.000972. The van der Waals surface area contributed by atoms with E-state index in [1.807, 2.05) is 6.07 Å². The van der Waals surface area contributed by atoms with Gasteiger partial charge in [-0.3, -0.25) is 0 Å². The third kappa shape index (κ3) is 4.37. The van der Waals surface area contributed by atoms with Crippen LogP contribution in [-0.4, -0.2) is 6.61 Å². The van der Waals surface area contributed by atoms with Crippen molar-refractivity contribution in [3.05, 3.63) is 11.8 Å². The molecule has 0 N–H and O–H groups in total. The molecule has 0 rings (SSSR count). The molecule has 0 heterocycles. The molecular formula is C6H6N2O. The number of nitriles is 2. The maximum atomic E-state index is 8.15. The van der Waals surface area contributed by atoms with Crippen LogP contribution in [0.2, 0.25) is 0 Å². The summed E-state index contributed by atoms with van der Waals surface area (Å²) in [7, 11) is 0. The average Bonchev–Trinajstić information content (AvgIpc) is 1.89. The first-order valence-electron chi connectivity index (χ1n) is 2.36. The maximum absolute atomic E-state index is 8.15. The second-order valence-corrected chi connectivity index (χ2v) is 1.38. The Kier molecular flexibility index (Phi) is 3.90. The molecule has 0 bridgehead atoms. The smallest absolute Gasteiger partial charge is 0.173 e. The van der Waals surface area contributed by atoms with E-state index in [1.54, 1.807) is 13.0 Å².